The van der Waals surface area contributed by atoms with Gasteiger partial charge in [0.05, 0.1) is 22.3 Å². The number of ether oxygens (including phenoxy) is 1. The number of methoxy groups -OCH3 is 1. The van der Waals surface area contributed by atoms with Crippen molar-refractivity contribution < 1.29 is 4.74 Å². The van der Waals surface area contributed by atoms with Crippen LogP contribution in [0.15, 0.2) is 84.9 Å². The average molecular weight is 392 g/mol. The van der Waals surface area contributed by atoms with Crippen LogP contribution in [-0.2, 0) is 10.5 Å². The Morgan fingerprint density at radius 2 is 1.50 bits per heavy atom. The van der Waals surface area contributed by atoms with E-state index in [1.165, 1.54) is 0 Å². The summed E-state index contributed by atoms with van der Waals surface area (Å²) in [6.07, 6.45) is 0. The minimum absolute atomic E-state index is 0.739. The zero-order chi connectivity index (χ0) is 20.3. The van der Waals surface area contributed by atoms with Crippen LogP contribution in [0.4, 0.5) is 0 Å². The average Bonchev–Trinajstić information content (AvgIpc) is 3.45. The Hall–Kier alpha value is -3.70. The van der Waals surface area contributed by atoms with Gasteiger partial charge in [-0.3, -0.25) is 4.57 Å². The first-order valence-electron chi connectivity index (χ1n) is 10.00. The number of rotatable bonds is 3. The SMILES string of the molecule is CO[C@]1(C)c2c(c(-c3ccccc3)nn2-c2ccccc2)-c2nc3ccccc3n21. The fourth-order valence-electron chi connectivity index (χ4n) is 4.53. The molecule has 6 rings (SSSR count). The molecule has 30 heavy (non-hydrogen) atoms. The quantitative estimate of drug-likeness (QED) is 0.422. The highest BCUT2D eigenvalue weighted by Crippen LogP contribution is 2.50. The fraction of sp³-hybridized carbons (Fsp3) is 0.120. The van der Waals surface area contributed by atoms with Crippen molar-refractivity contribution in [2.75, 3.05) is 7.11 Å². The van der Waals surface area contributed by atoms with Crippen molar-refractivity contribution in [1.29, 1.82) is 0 Å². The van der Waals surface area contributed by atoms with Gasteiger partial charge in [-0.1, -0.05) is 60.7 Å². The topological polar surface area (TPSA) is 44.9 Å². The van der Waals surface area contributed by atoms with Crippen LogP contribution in [0.25, 0.3) is 39.4 Å². The largest absolute Gasteiger partial charge is 0.353 e. The van der Waals surface area contributed by atoms with Gasteiger partial charge in [-0.25, -0.2) is 9.67 Å². The first kappa shape index (κ1) is 17.2. The van der Waals surface area contributed by atoms with Crippen LogP contribution in [0.2, 0.25) is 0 Å². The van der Waals surface area contributed by atoms with Crippen LogP contribution in [-0.4, -0.2) is 26.4 Å². The first-order valence-corrected chi connectivity index (χ1v) is 10.00. The molecule has 0 unspecified atom stereocenters. The molecule has 0 amide bonds. The van der Waals surface area contributed by atoms with E-state index in [0.29, 0.717) is 0 Å². The van der Waals surface area contributed by atoms with Gasteiger partial charge >= 0.3 is 0 Å². The van der Waals surface area contributed by atoms with Gasteiger partial charge in [0.15, 0.2) is 5.72 Å². The van der Waals surface area contributed by atoms with Gasteiger partial charge in [-0.15, -0.1) is 0 Å². The Morgan fingerprint density at radius 1 is 0.833 bits per heavy atom. The van der Waals surface area contributed by atoms with E-state index in [0.717, 1.165) is 45.1 Å². The molecule has 0 saturated carbocycles. The molecule has 1 atom stereocenters. The summed E-state index contributed by atoms with van der Waals surface area (Å²) >= 11 is 0. The normalized spacial score (nSPS) is 17.3. The lowest BCUT2D eigenvalue weighted by Crippen LogP contribution is -2.32. The van der Waals surface area contributed by atoms with E-state index in [9.17, 15) is 0 Å². The van der Waals surface area contributed by atoms with Crippen molar-refractivity contribution in [2.24, 2.45) is 0 Å². The van der Waals surface area contributed by atoms with Crippen molar-refractivity contribution in [3.8, 4) is 28.3 Å². The predicted octanol–water partition coefficient (Wildman–Crippen LogP) is 5.24. The Labute approximate surface area is 174 Å². The van der Waals surface area contributed by atoms with E-state index in [-0.39, 0.29) is 0 Å². The van der Waals surface area contributed by atoms with Gasteiger partial charge in [0.25, 0.3) is 0 Å². The molecular weight excluding hydrogens is 372 g/mol. The summed E-state index contributed by atoms with van der Waals surface area (Å²) in [5.41, 5.74) is 6.23. The third-order valence-corrected chi connectivity index (χ3v) is 5.98. The number of fused-ring (bicyclic) bond motifs is 5. The van der Waals surface area contributed by atoms with Gasteiger partial charge in [0.2, 0.25) is 0 Å². The van der Waals surface area contributed by atoms with Gasteiger partial charge in [0.1, 0.15) is 17.2 Å². The second-order valence-corrected chi connectivity index (χ2v) is 7.63. The molecule has 5 aromatic rings. The number of hydrogen-bond acceptors (Lipinski definition) is 3. The highest BCUT2D eigenvalue weighted by molar-refractivity contribution is 5.90. The molecule has 5 nitrogen and oxygen atoms in total. The summed E-state index contributed by atoms with van der Waals surface area (Å²) in [5.74, 6) is 0.886. The maximum atomic E-state index is 6.19. The van der Waals surface area contributed by atoms with E-state index in [1.807, 2.05) is 59.3 Å². The van der Waals surface area contributed by atoms with Gasteiger partial charge in [-0.05, 0) is 31.2 Å². The minimum atomic E-state index is -0.739. The molecular formula is C25H20N4O. The molecule has 0 bridgehead atoms. The Balaban J connectivity index is 1.76. The molecule has 3 heterocycles. The lowest BCUT2D eigenvalue weighted by atomic mass is 10.0. The van der Waals surface area contributed by atoms with Gasteiger partial charge in [-0.2, -0.15) is 5.10 Å². The van der Waals surface area contributed by atoms with E-state index in [1.54, 1.807) is 7.11 Å². The van der Waals surface area contributed by atoms with Crippen LogP contribution in [0.5, 0.6) is 0 Å². The molecule has 3 aromatic carbocycles. The molecule has 0 aliphatic carbocycles. The summed E-state index contributed by atoms with van der Waals surface area (Å²) in [6.45, 7) is 2.09. The maximum absolute atomic E-state index is 6.19. The zero-order valence-corrected chi connectivity index (χ0v) is 16.8. The number of nitrogens with zero attached hydrogens (tertiary/aromatic N) is 4. The lowest BCUT2D eigenvalue weighted by molar-refractivity contribution is -0.0198. The van der Waals surface area contributed by atoms with Crippen LogP contribution in [0.1, 0.15) is 12.6 Å². The minimum Gasteiger partial charge on any atom is -0.353 e. The zero-order valence-electron chi connectivity index (χ0n) is 16.8. The summed E-state index contributed by atoms with van der Waals surface area (Å²) in [6, 6.07) is 28.7. The molecule has 1 aliphatic heterocycles. The van der Waals surface area contributed by atoms with E-state index < -0.39 is 5.72 Å². The molecule has 5 heteroatoms. The monoisotopic (exact) mass is 392 g/mol. The predicted molar refractivity (Wildman–Crippen MR) is 117 cm³/mol. The van der Waals surface area contributed by atoms with Crippen molar-refractivity contribution in [2.45, 2.75) is 12.6 Å². The van der Waals surface area contributed by atoms with Crippen molar-refractivity contribution in [3.63, 3.8) is 0 Å². The summed E-state index contributed by atoms with van der Waals surface area (Å²) in [7, 11) is 1.75. The van der Waals surface area contributed by atoms with Crippen LogP contribution in [0.3, 0.4) is 0 Å². The van der Waals surface area contributed by atoms with Crippen molar-refractivity contribution >= 4 is 11.0 Å². The highest BCUT2D eigenvalue weighted by atomic mass is 16.5. The molecule has 1 aliphatic rings. The molecule has 0 spiro atoms. The number of benzene rings is 3. The molecule has 0 N–H and O–H groups in total. The fourth-order valence-corrected chi connectivity index (χ4v) is 4.53. The number of para-hydroxylation sites is 3. The third-order valence-electron chi connectivity index (χ3n) is 5.98. The number of imidazole rings is 1. The third kappa shape index (κ3) is 2.15. The van der Waals surface area contributed by atoms with Crippen LogP contribution < -0.4 is 0 Å². The van der Waals surface area contributed by atoms with Crippen molar-refractivity contribution in [3.05, 3.63) is 90.6 Å². The van der Waals surface area contributed by atoms with Gasteiger partial charge in [0, 0.05) is 12.7 Å². The van der Waals surface area contributed by atoms with E-state index in [2.05, 4.69) is 41.8 Å². The van der Waals surface area contributed by atoms with Crippen molar-refractivity contribution in [1.82, 2.24) is 19.3 Å². The number of aromatic nitrogens is 4. The van der Waals surface area contributed by atoms with Crippen LogP contribution >= 0.6 is 0 Å². The van der Waals surface area contributed by atoms with E-state index in [4.69, 9.17) is 14.8 Å². The summed E-state index contributed by atoms with van der Waals surface area (Å²) < 4.78 is 10.4. The molecule has 0 fully saturated rings. The van der Waals surface area contributed by atoms with E-state index >= 15 is 0 Å². The number of hydrogen-bond donors (Lipinski definition) is 0. The Kier molecular flexibility index (Phi) is 3.52. The lowest BCUT2D eigenvalue weighted by Gasteiger charge is -2.28. The Bertz CT molecular complexity index is 1390. The standard InChI is InChI=1S/C25H20N4O/c1-25(30-2)23-21(24-26-19-15-9-10-16-20(19)28(24)25)22(17-11-5-3-6-12-17)27-29(23)18-13-7-4-8-14-18/h3-16H,1-2H3/t25-/m1/s1. The second kappa shape index (κ2) is 6.15. The summed E-state index contributed by atoms with van der Waals surface area (Å²) in [5, 5.41) is 5.07. The molecule has 146 valence electrons. The maximum Gasteiger partial charge on any atom is 0.187 e. The second-order valence-electron chi connectivity index (χ2n) is 7.63. The summed E-state index contributed by atoms with van der Waals surface area (Å²) in [4.78, 5) is 5.00. The highest BCUT2D eigenvalue weighted by Gasteiger charge is 2.47. The molecule has 2 aromatic heterocycles. The Morgan fingerprint density at radius 3 is 2.23 bits per heavy atom. The first-order chi connectivity index (χ1) is 14.7. The smallest absolute Gasteiger partial charge is 0.187 e. The molecule has 0 saturated heterocycles. The van der Waals surface area contributed by atoms with Gasteiger partial charge < -0.3 is 4.74 Å². The molecule has 0 radical (unpaired) electrons. The van der Waals surface area contributed by atoms with Crippen LogP contribution in [0, 0.1) is 0 Å².